The maximum atomic E-state index is 12.9. The Balaban J connectivity index is 1.20. The first-order chi connectivity index (χ1) is 19.7. The van der Waals surface area contributed by atoms with Crippen LogP contribution >= 0.6 is 0 Å². The number of nitrogens with zero attached hydrogens (tertiary/aromatic N) is 1. The van der Waals surface area contributed by atoms with Gasteiger partial charge in [0.1, 0.15) is 5.60 Å². The van der Waals surface area contributed by atoms with Crippen LogP contribution in [0.15, 0.2) is 72.8 Å². The summed E-state index contributed by atoms with van der Waals surface area (Å²) in [5, 5.41) is 2.42. The highest BCUT2D eigenvalue weighted by atomic mass is 16.6. The average Bonchev–Trinajstić information content (AvgIpc) is 2.98. The van der Waals surface area contributed by atoms with Crippen molar-refractivity contribution in [2.45, 2.75) is 71.2 Å². The van der Waals surface area contributed by atoms with Crippen molar-refractivity contribution in [2.24, 2.45) is 17.8 Å². The average molecular weight is 558 g/mol. The van der Waals surface area contributed by atoms with Gasteiger partial charge in [0.15, 0.2) is 0 Å². The van der Waals surface area contributed by atoms with Gasteiger partial charge in [-0.25, -0.2) is 9.59 Å². The number of fused-ring (bicyclic) bond motifs is 1. The van der Waals surface area contributed by atoms with Gasteiger partial charge in [0.25, 0.3) is 0 Å². The van der Waals surface area contributed by atoms with E-state index in [2.05, 4.69) is 42.5 Å². The lowest BCUT2D eigenvalue weighted by atomic mass is 9.72. The lowest BCUT2D eigenvalue weighted by molar-refractivity contribution is -0.0736. The molecule has 2 aliphatic rings. The van der Waals surface area contributed by atoms with Crippen molar-refractivity contribution >= 4 is 22.8 Å². The fraction of sp³-hybridized carbons (Fsp3) is 0.486. The van der Waals surface area contributed by atoms with Crippen molar-refractivity contribution in [3.8, 4) is 0 Å². The van der Waals surface area contributed by atoms with Crippen LogP contribution < -0.4 is 0 Å². The number of hydrogen-bond acceptors (Lipinski definition) is 5. The van der Waals surface area contributed by atoms with Crippen molar-refractivity contribution in [1.29, 1.82) is 0 Å². The van der Waals surface area contributed by atoms with Crippen molar-refractivity contribution in [3.05, 3.63) is 83.9 Å². The molecule has 6 heteroatoms. The van der Waals surface area contributed by atoms with Crippen LogP contribution in [0.3, 0.4) is 0 Å². The summed E-state index contributed by atoms with van der Waals surface area (Å²) in [4.78, 5) is 27.2. The highest BCUT2D eigenvalue weighted by Gasteiger charge is 2.39. The van der Waals surface area contributed by atoms with Crippen molar-refractivity contribution < 1.29 is 23.8 Å². The molecule has 6 nitrogen and oxygen atoms in total. The molecule has 1 aliphatic heterocycles. The molecule has 0 N–H and O–H groups in total. The molecule has 0 aromatic heterocycles. The number of carbonyl (C=O) groups excluding carboxylic acids is 2. The van der Waals surface area contributed by atoms with E-state index in [0.717, 1.165) is 37.7 Å². The Kier molecular flexibility index (Phi) is 9.29. The summed E-state index contributed by atoms with van der Waals surface area (Å²) in [7, 11) is 0. The largest absolute Gasteiger partial charge is 0.462 e. The third-order valence-corrected chi connectivity index (χ3v) is 8.50. The number of rotatable bonds is 7. The molecule has 0 radical (unpaired) electrons. The number of carbonyl (C=O) groups is 2. The number of piperidine rings is 1. The molecule has 2 atom stereocenters. The Hall–Kier alpha value is -3.38. The first-order valence-electron chi connectivity index (χ1n) is 15.0. The molecule has 0 bridgehead atoms. The van der Waals surface area contributed by atoms with Gasteiger partial charge >= 0.3 is 12.1 Å². The summed E-state index contributed by atoms with van der Waals surface area (Å²) in [5.74, 6) is 1.04. The van der Waals surface area contributed by atoms with Gasteiger partial charge in [-0.05, 0) is 105 Å². The molecule has 1 heterocycles. The molecule has 1 amide bonds. The molecule has 3 aromatic rings. The summed E-state index contributed by atoms with van der Waals surface area (Å²) < 4.78 is 18.0. The van der Waals surface area contributed by atoms with Crippen LogP contribution in [0, 0.1) is 17.8 Å². The predicted molar refractivity (Wildman–Crippen MR) is 161 cm³/mol. The van der Waals surface area contributed by atoms with E-state index in [1.807, 2.05) is 43.9 Å². The van der Waals surface area contributed by atoms with Gasteiger partial charge in [0.2, 0.25) is 0 Å². The molecule has 2 fully saturated rings. The van der Waals surface area contributed by atoms with Gasteiger partial charge < -0.3 is 19.1 Å². The van der Waals surface area contributed by atoms with Crippen molar-refractivity contribution in [2.75, 3.05) is 19.7 Å². The number of ether oxygens (including phenoxy) is 3. The zero-order valence-electron chi connectivity index (χ0n) is 24.6. The van der Waals surface area contributed by atoms with E-state index in [1.54, 1.807) is 12.1 Å². The van der Waals surface area contributed by atoms with Crippen LogP contribution in [0.1, 0.15) is 68.8 Å². The molecule has 0 spiro atoms. The van der Waals surface area contributed by atoms with E-state index in [9.17, 15) is 9.59 Å². The van der Waals surface area contributed by atoms with Gasteiger partial charge in [-0.3, -0.25) is 0 Å². The molecule has 0 unspecified atom stereocenters. The molecule has 1 saturated heterocycles. The smallest absolute Gasteiger partial charge is 0.410 e. The Morgan fingerprint density at radius 1 is 0.854 bits per heavy atom. The Morgan fingerprint density at radius 3 is 2.29 bits per heavy atom. The van der Waals surface area contributed by atoms with Crippen LogP contribution in [0.25, 0.3) is 10.8 Å². The second-order valence-electron chi connectivity index (χ2n) is 12.7. The summed E-state index contributed by atoms with van der Waals surface area (Å²) in [6.45, 7) is 7.92. The number of benzene rings is 3. The zero-order valence-corrected chi connectivity index (χ0v) is 24.6. The lowest BCUT2D eigenvalue weighted by Gasteiger charge is -2.43. The number of amides is 1. The van der Waals surface area contributed by atoms with Crippen LogP contribution in [0.2, 0.25) is 0 Å². The molecule has 1 aliphatic carbocycles. The number of esters is 1. The van der Waals surface area contributed by atoms with E-state index in [4.69, 9.17) is 14.2 Å². The van der Waals surface area contributed by atoms with Gasteiger partial charge in [-0.1, -0.05) is 54.6 Å². The quantitative estimate of drug-likeness (QED) is 0.279. The third-order valence-electron chi connectivity index (χ3n) is 8.50. The molecular formula is C35H43NO5. The van der Waals surface area contributed by atoms with Crippen LogP contribution in [-0.4, -0.2) is 48.4 Å². The molecule has 41 heavy (non-hydrogen) atoms. The number of likely N-dealkylation sites (tertiary alicyclic amines) is 1. The fourth-order valence-corrected chi connectivity index (χ4v) is 6.31. The Bertz CT molecular complexity index is 1310. The molecule has 5 rings (SSSR count). The second kappa shape index (κ2) is 13.1. The number of hydrogen-bond donors (Lipinski definition) is 0. The minimum atomic E-state index is -0.530. The van der Waals surface area contributed by atoms with E-state index < -0.39 is 5.60 Å². The predicted octanol–water partition coefficient (Wildman–Crippen LogP) is 7.65. The maximum absolute atomic E-state index is 12.9. The summed E-state index contributed by atoms with van der Waals surface area (Å²) >= 11 is 0. The summed E-state index contributed by atoms with van der Waals surface area (Å²) in [5.41, 5.74) is 1.21. The Morgan fingerprint density at radius 2 is 1.56 bits per heavy atom. The molecule has 1 saturated carbocycles. The van der Waals surface area contributed by atoms with Gasteiger partial charge in [-0.2, -0.15) is 0 Å². The van der Waals surface area contributed by atoms with Crippen molar-refractivity contribution in [1.82, 2.24) is 4.90 Å². The van der Waals surface area contributed by atoms with Gasteiger partial charge in [-0.15, -0.1) is 0 Å². The standard InChI is InChI=1S/C35H43NO5/c1-35(2,3)41-34(38)36-20-19-31(32(22-36)39-24-26-15-16-27-9-7-8-12-30(27)21-26)28-17-13-25(14-18-28)23-40-33(37)29-10-5-4-6-11-29/h4-12,15-16,21,25,28,31-32H,13-14,17-20,22-24H2,1-3H3/t25?,28?,31-,32+/m0/s1. The molecule has 218 valence electrons. The van der Waals surface area contributed by atoms with E-state index >= 15 is 0 Å². The van der Waals surface area contributed by atoms with E-state index in [1.165, 1.54) is 10.8 Å². The summed E-state index contributed by atoms with van der Waals surface area (Å²) in [6.07, 6.45) is 4.83. The third kappa shape index (κ3) is 7.88. The normalized spacial score (nSPS) is 23.2. The highest BCUT2D eigenvalue weighted by molar-refractivity contribution is 5.89. The topological polar surface area (TPSA) is 65.1 Å². The highest BCUT2D eigenvalue weighted by Crippen LogP contribution is 2.39. The van der Waals surface area contributed by atoms with Crippen LogP contribution in [0.5, 0.6) is 0 Å². The Labute approximate surface area is 244 Å². The zero-order chi connectivity index (χ0) is 28.8. The molecule has 3 aromatic carbocycles. The van der Waals surface area contributed by atoms with E-state index in [0.29, 0.717) is 49.6 Å². The lowest BCUT2D eigenvalue weighted by Crippen LogP contribution is -2.51. The van der Waals surface area contributed by atoms with Gasteiger partial charge in [0.05, 0.1) is 31.4 Å². The van der Waals surface area contributed by atoms with Crippen LogP contribution in [-0.2, 0) is 20.8 Å². The monoisotopic (exact) mass is 557 g/mol. The second-order valence-corrected chi connectivity index (χ2v) is 12.7. The molecular weight excluding hydrogens is 514 g/mol. The van der Waals surface area contributed by atoms with Crippen molar-refractivity contribution in [3.63, 3.8) is 0 Å². The first kappa shape index (κ1) is 29.1. The minimum absolute atomic E-state index is 0.0554. The summed E-state index contributed by atoms with van der Waals surface area (Å²) in [6, 6.07) is 24.0. The maximum Gasteiger partial charge on any atom is 0.410 e. The fourth-order valence-electron chi connectivity index (χ4n) is 6.31. The minimum Gasteiger partial charge on any atom is -0.462 e. The van der Waals surface area contributed by atoms with E-state index in [-0.39, 0.29) is 18.2 Å². The first-order valence-corrected chi connectivity index (χ1v) is 15.0. The van der Waals surface area contributed by atoms with Gasteiger partial charge in [0, 0.05) is 6.54 Å². The van der Waals surface area contributed by atoms with Crippen LogP contribution in [0.4, 0.5) is 4.79 Å². The SMILES string of the molecule is CC(C)(C)OC(=O)N1CC[C@@H](C2CCC(COC(=O)c3ccccc3)CC2)[C@H](OCc2ccc3ccccc3c2)C1.